The van der Waals surface area contributed by atoms with E-state index in [0.29, 0.717) is 23.2 Å². The number of fused-ring (bicyclic) bond motifs is 1. The minimum absolute atomic E-state index is 0.209. The third-order valence-electron chi connectivity index (χ3n) is 3.52. The van der Waals surface area contributed by atoms with Crippen molar-refractivity contribution in [2.75, 3.05) is 7.11 Å². The third-order valence-corrected chi connectivity index (χ3v) is 3.52. The van der Waals surface area contributed by atoms with Crippen LogP contribution in [0.4, 0.5) is 0 Å². The van der Waals surface area contributed by atoms with Crippen LogP contribution in [0.1, 0.15) is 32.7 Å². The minimum Gasteiger partial charge on any atom is -0.467 e. The van der Waals surface area contributed by atoms with Gasteiger partial charge >= 0.3 is 5.97 Å². The molecule has 0 amide bonds. The van der Waals surface area contributed by atoms with Gasteiger partial charge in [-0.05, 0) is 30.9 Å². The predicted molar refractivity (Wildman–Crippen MR) is 81.1 cm³/mol. The first-order valence-corrected chi connectivity index (χ1v) is 7.08. The fourth-order valence-electron chi connectivity index (χ4n) is 2.30. The maximum Gasteiger partial charge on any atom is 0.329 e. The van der Waals surface area contributed by atoms with Crippen LogP contribution in [0.3, 0.4) is 0 Å². The summed E-state index contributed by atoms with van der Waals surface area (Å²) in [7, 11) is 1.34. The van der Waals surface area contributed by atoms with Crippen molar-refractivity contribution in [1.82, 2.24) is 9.55 Å². The Morgan fingerprint density at radius 3 is 2.67 bits per heavy atom. The highest BCUT2D eigenvalue weighted by Gasteiger charge is 2.23. The van der Waals surface area contributed by atoms with Crippen molar-refractivity contribution < 1.29 is 9.53 Å². The number of nitrogens with zero attached hydrogens (tertiary/aromatic N) is 2. The number of rotatable bonds is 5. The molecule has 5 nitrogen and oxygen atoms in total. The van der Waals surface area contributed by atoms with Gasteiger partial charge in [0.1, 0.15) is 6.04 Å². The molecule has 0 bridgehead atoms. The number of carbonyl (C=O) groups excluding carboxylic acids is 1. The summed E-state index contributed by atoms with van der Waals surface area (Å²) in [5.41, 5.74) is 0.422. The molecule has 1 aromatic carbocycles. The molecule has 0 fully saturated rings. The average Bonchev–Trinajstić information content (AvgIpc) is 2.49. The highest BCUT2D eigenvalue weighted by molar-refractivity contribution is 5.78. The van der Waals surface area contributed by atoms with E-state index in [1.54, 1.807) is 18.2 Å². The van der Waals surface area contributed by atoms with Gasteiger partial charge in [0.25, 0.3) is 5.56 Å². The van der Waals surface area contributed by atoms with E-state index in [4.69, 9.17) is 4.74 Å². The molecule has 1 atom stereocenters. The monoisotopic (exact) mass is 288 g/mol. The second-order valence-electron chi connectivity index (χ2n) is 5.48. The molecule has 0 saturated carbocycles. The summed E-state index contributed by atoms with van der Waals surface area (Å²) in [6, 6.07) is 6.49. The molecule has 0 radical (unpaired) electrons. The fourth-order valence-corrected chi connectivity index (χ4v) is 2.30. The SMILES string of the molecule is COC(=O)[C@H](CCC(C)C)n1cnc2ccccc2c1=O. The number of para-hydroxylation sites is 1. The number of benzene rings is 1. The first-order chi connectivity index (χ1) is 10.0. The van der Waals surface area contributed by atoms with Crippen LogP contribution in [-0.2, 0) is 9.53 Å². The molecule has 112 valence electrons. The summed E-state index contributed by atoms with van der Waals surface area (Å²) < 4.78 is 6.23. The van der Waals surface area contributed by atoms with Crippen LogP contribution in [0.2, 0.25) is 0 Å². The number of hydrogen-bond acceptors (Lipinski definition) is 4. The molecule has 0 aliphatic heterocycles. The van der Waals surface area contributed by atoms with Crippen LogP contribution in [0.15, 0.2) is 35.4 Å². The zero-order chi connectivity index (χ0) is 15.4. The van der Waals surface area contributed by atoms with Gasteiger partial charge in [-0.15, -0.1) is 0 Å². The van der Waals surface area contributed by atoms with E-state index < -0.39 is 12.0 Å². The average molecular weight is 288 g/mol. The smallest absolute Gasteiger partial charge is 0.329 e. The van der Waals surface area contributed by atoms with Gasteiger partial charge in [-0.25, -0.2) is 9.78 Å². The number of ether oxygens (including phenoxy) is 1. The van der Waals surface area contributed by atoms with Gasteiger partial charge in [0.15, 0.2) is 0 Å². The minimum atomic E-state index is -0.623. The van der Waals surface area contributed by atoms with Crippen LogP contribution >= 0.6 is 0 Å². The molecule has 0 unspecified atom stereocenters. The number of hydrogen-bond donors (Lipinski definition) is 0. The first-order valence-electron chi connectivity index (χ1n) is 7.08. The molecule has 5 heteroatoms. The van der Waals surface area contributed by atoms with Gasteiger partial charge in [-0.1, -0.05) is 26.0 Å². The summed E-state index contributed by atoms with van der Waals surface area (Å²) in [4.78, 5) is 28.8. The summed E-state index contributed by atoms with van der Waals surface area (Å²) >= 11 is 0. The van der Waals surface area contributed by atoms with Crippen LogP contribution in [0.5, 0.6) is 0 Å². The van der Waals surface area contributed by atoms with Crippen molar-refractivity contribution >= 4 is 16.9 Å². The molecular formula is C16H20N2O3. The largest absolute Gasteiger partial charge is 0.467 e. The van der Waals surface area contributed by atoms with Crippen LogP contribution in [0.25, 0.3) is 10.9 Å². The van der Waals surface area contributed by atoms with E-state index in [2.05, 4.69) is 18.8 Å². The Kier molecular flexibility index (Phi) is 4.73. The number of methoxy groups -OCH3 is 1. The standard InChI is InChI=1S/C16H20N2O3/c1-11(2)8-9-14(16(20)21-3)18-10-17-13-7-5-4-6-12(13)15(18)19/h4-7,10-11,14H,8-9H2,1-3H3/t14-/m0/s1. The Morgan fingerprint density at radius 1 is 1.29 bits per heavy atom. The van der Waals surface area contributed by atoms with E-state index in [1.807, 2.05) is 6.07 Å². The van der Waals surface area contributed by atoms with Crippen molar-refractivity contribution in [2.24, 2.45) is 5.92 Å². The van der Waals surface area contributed by atoms with Crippen molar-refractivity contribution in [3.8, 4) is 0 Å². The third kappa shape index (κ3) is 3.29. The van der Waals surface area contributed by atoms with Gasteiger partial charge < -0.3 is 4.74 Å². The molecule has 0 aliphatic rings. The highest BCUT2D eigenvalue weighted by atomic mass is 16.5. The Morgan fingerprint density at radius 2 is 2.00 bits per heavy atom. The molecule has 0 N–H and O–H groups in total. The number of carbonyl (C=O) groups is 1. The summed E-state index contributed by atoms with van der Waals surface area (Å²) in [6.45, 7) is 4.16. The van der Waals surface area contributed by atoms with E-state index in [9.17, 15) is 9.59 Å². The van der Waals surface area contributed by atoms with E-state index in [-0.39, 0.29) is 5.56 Å². The van der Waals surface area contributed by atoms with Crippen molar-refractivity contribution in [3.63, 3.8) is 0 Å². The predicted octanol–water partition coefficient (Wildman–Crippen LogP) is 2.55. The number of esters is 1. The highest BCUT2D eigenvalue weighted by Crippen LogP contribution is 2.18. The molecule has 0 aliphatic carbocycles. The van der Waals surface area contributed by atoms with Gasteiger partial charge in [0, 0.05) is 0 Å². The Balaban J connectivity index is 2.46. The van der Waals surface area contributed by atoms with Crippen LogP contribution in [-0.4, -0.2) is 22.6 Å². The fraction of sp³-hybridized carbons (Fsp3) is 0.438. The second kappa shape index (κ2) is 6.52. The molecule has 1 aromatic heterocycles. The molecule has 1 heterocycles. The lowest BCUT2D eigenvalue weighted by molar-refractivity contribution is -0.145. The summed E-state index contributed by atoms with van der Waals surface area (Å²) in [5, 5.41) is 0.512. The molecule has 0 saturated heterocycles. The van der Waals surface area contributed by atoms with Crippen LogP contribution < -0.4 is 5.56 Å². The summed E-state index contributed by atoms with van der Waals surface area (Å²) in [6.07, 6.45) is 2.83. The van der Waals surface area contributed by atoms with Gasteiger partial charge in [-0.2, -0.15) is 0 Å². The Hall–Kier alpha value is -2.17. The van der Waals surface area contributed by atoms with Crippen molar-refractivity contribution in [3.05, 3.63) is 40.9 Å². The quantitative estimate of drug-likeness (QED) is 0.793. The van der Waals surface area contributed by atoms with Crippen molar-refractivity contribution in [2.45, 2.75) is 32.7 Å². The normalized spacial score (nSPS) is 12.6. The van der Waals surface area contributed by atoms with E-state index in [1.165, 1.54) is 18.0 Å². The first kappa shape index (κ1) is 15.2. The second-order valence-corrected chi connectivity index (χ2v) is 5.48. The van der Waals surface area contributed by atoms with Crippen molar-refractivity contribution in [1.29, 1.82) is 0 Å². The lowest BCUT2D eigenvalue weighted by atomic mass is 10.0. The Bertz CT molecular complexity index is 691. The maximum atomic E-state index is 12.6. The maximum absolute atomic E-state index is 12.6. The van der Waals surface area contributed by atoms with E-state index >= 15 is 0 Å². The molecule has 0 spiro atoms. The topological polar surface area (TPSA) is 61.2 Å². The zero-order valence-corrected chi connectivity index (χ0v) is 12.6. The van der Waals surface area contributed by atoms with Crippen LogP contribution in [0, 0.1) is 5.92 Å². The summed E-state index contributed by atoms with van der Waals surface area (Å²) in [5.74, 6) is 0.0381. The molecule has 2 rings (SSSR count). The number of aromatic nitrogens is 2. The lowest BCUT2D eigenvalue weighted by Gasteiger charge is -2.18. The molecular weight excluding hydrogens is 268 g/mol. The van der Waals surface area contributed by atoms with Gasteiger partial charge in [0.05, 0.1) is 24.3 Å². The lowest BCUT2D eigenvalue weighted by Crippen LogP contribution is -2.31. The molecule has 2 aromatic rings. The van der Waals surface area contributed by atoms with E-state index in [0.717, 1.165) is 6.42 Å². The van der Waals surface area contributed by atoms with Gasteiger partial charge in [0.2, 0.25) is 0 Å². The zero-order valence-electron chi connectivity index (χ0n) is 12.6. The Labute approximate surface area is 123 Å². The molecule has 21 heavy (non-hydrogen) atoms. The van der Waals surface area contributed by atoms with Gasteiger partial charge in [-0.3, -0.25) is 9.36 Å².